The molecule has 35 heavy (non-hydrogen) atoms. The second-order valence-corrected chi connectivity index (χ2v) is 8.40. The maximum Gasteiger partial charge on any atom is 0.330 e. The Morgan fingerprint density at radius 2 is 1.43 bits per heavy atom. The van der Waals surface area contributed by atoms with Crippen molar-refractivity contribution < 1.29 is 19.0 Å². The molecule has 4 rings (SSSR count). The molecule has 0 radical (unpaired) electrons. The number of aliphatic hydroxyl groups excluding tert-OH is 1. The molecular formula is C31H27FO3. The molecule has 0 aliphatic carbocycles. The minimum absolute atomic E-state index is 0.109. The third-order valence-corrected chi connectivity index (χ3v) is 6.07. The van der Waals surface area contributed by atoms with Crippen molar-refractivity contribution in [1.29, 1.82) is 0 Å². The standard InChI is InChI=1S/C31H27FO3/c1-3-31(34)35-20-28-18-26(7-4-21(28)2)24-10-12-25(13-11-24)29-15-14-27(19-30(29)32)23-8-5-22(6-9-23)16-17-33/h3-15,18-19,33H,1,16-17,20H2,2H3. The Hall–Kier alpha value is -4.02. The minimum atomic E-state index is -0.453. The number of benzene rings is 4. The highest BCUT2D eigenvalue weighted by atomic mass is 19.1. The quantitative estimate of drug-likeness (QED) is 0.227. The van der Waals surface area contributed by atoms with E-state index >= 15 is 4.39 Å². The largest absolute Gasteiger partial charge is 0.458 e. The van der Waals surface area contributed by atoms with Gasteiger partial charge in [-0.15, -0.1) is 0 Å². The number of esters is 1. The third-order valence-electron chi connectivity index (χ3n) is 6.07. The van der Waals surface area contributed by atoms with Gasteiger partial charge in [-0.1, -0.05) is 79.4 Å². The minimum Gasteiger partial charge on any atom is -0.458 e. The summed E-state index contributed by atoms with van der Waals surface area (Å²) in [5, 5.41) is 9.07. The van der Waals surface area contributed by atoms with Crippen LogP contribution >= 0.6 is 0 Å². The molecule has 0 amide bonds. The van der Waals surface area contributed by atoms with Crippen LogP contribution in [0.15, 0.2) is 97.6 Å². The molecule has 4 aromatic carbocycles. The summed E-state index contributed by atoms with van der Waals surface area (Å²) in [5.41, 5.74) is 8.06. The van der Waals surface area contributed by atoms with Crippen LogP contribution in [0.2, 0.25) is 0 Å². The molecule has 0 fully saturated rings. The van der Waals surface area contributed by atoms with E-state index in [9.17, 15) is 4.79 Å². The SMILES string of the molecule is C=CC(=O)OCc1cc(-c2ccc(-c3ccc(-c4ccc(CCO)cc4)cc3F)cc2)ccc1C. The van der Waals surface area contributed by atoms with E-state index in [0.29, 0.717) is 12.0 Å². The molecular weight excluding hydrogens is 439 g/mol. The van der Waals surface area contributed by atoms with Gasteiger partial charge in [0.15, 0.2) is 0 Å². The van der Waals surface area contributed by atoms with Crippen molar-refractivity contribution in [3.63, 3.8) is 0 Å². The van der Waals surface area contributed by atoms with Crippen molar-refractivity contribution in [1.82, 2.24) is 0 Å². The molecule has 176 valence electrons. The summed E-state index contributed by atoms with van der Waals surface area (Å²) in [6, 6.07) is 26.9. The van der Waals surface area contributed by atoms with Crippen molar-refractivity contribution in [2.75, 3.05) is 6.61 Å². The molecule has 4 heteroatoms. The zero-order chi connectivity index (χ0) is 24.8. The Morgan fingerprint density at radius 1 is 0.857 bits per heavy atom. The molecule has 0 saturated heterocycles. The number of carbonyl (C=O) groups excluding carboxylic acids is 1. The van der Waals surface area contributed by atoms with Gasteiger partial charge in [0.25, 0.3) is 0 Å². The van der Waals surface area contributed by atoms with E-state index in [-0.39, 0.29) is 19.0 Å². The fourth-order valence-electron chi connectivity index (χ4n) is 3.98. The highest BCUT2D eigenvalue weighted by Gasteiger charge is 2.10. The van der Waals surface area contributed by atoms with Gasteiger partial charge in [-0.2, -0.15) is 0 Å². The molecule has 0 unspecified atom stereocenters. The van der Waals surface area contributed by atoms with Crippen LogP contribution < -0.4 is 0 Å². The van der Waals surface area contributed by atoms with Crippen LogP contribution in [0.5, 0.6) is 0 Å². The first-order valence-corrected chi connectivity index (χ1v) is 11.5. The van der Waals surface area contributed by atoms with Gasteiger partial charge in [-0.25, -0.2) is 9.18 Å². The maximum absolute atomic E-state index is 15.0. The molecule has 0 aliphatic heterocycles. The lowest BCUT2D eigenvalue weighted by Crippen LogP contribution is -2.01. The maximum atomic E-state index is 15.0. The van der Waals surface area contributed by atoms with E-state index in [1.807, 2.05) is 79.7 Å². The summed E-state index contributed by atoms with van der Waals surface area (Å²) in [7, 11) is 0. The zero-order valence-corrected chi connectivity index (χ0v) is 19.6. The van der Waals surface area contributed by atoms with E-state index < -0.39 is 5.97 Å². The van der Waals surface area contributed by atoms with Crippen LogP contribution in [-0.2, 0) is 22.6 Å². The number of ether oxygens (including phenoxy) is 1. The van der Waals surface area contributed by atoms with E-state index in [0.717, 1.165) is 50.6 Å². The number of aryl methyl sites for hydroxylation is 1. The van der Waals surface area contributed by atoms with Crippen molar-refractivity contribution in [3.05, 3.63) is 120 Å². The monoisotopic (exact) mass is 466 g/mol. The zero-order valence-electron chi connectivity index (χ0n) is 19.6. The first-order valence-electron chi connectivity index (χ1n) is 11.5. The van der Waals surface area contributed by atoms with Gasteiger partial charge in [-0.05, 0) is 70.0 Å². The first kappa shape index (κ1) is 24.1. The van der Waals surface area contributed by atoms with Crippen molar-refractivity contribution >= 4 is 5.97 Å². The molecule has 4 aromatic rings. The van der Waals surface area contributed by atoms with Crippen molar-refractivity contribution in [2.24, 2.45) is 0 Å². The molecule has 3 nitrogen and oxygen atoms in total. The summed E-state index contributed by atoms with van der Waals surface area (Å²) < 4.78 is 20.2. The molecule has 0 spiro atoms. The molecule has 0 bridgehead atoms. The van der Waals surface area contributed by atoms with Gasteiger partial charge >= 0.3 is 5.97 Å². The summed E-state index contributed by atoms with van der Waals surface area (Å²) in [5.74, 6) is -0.734. The van der Waals surface area contributed by atoms with Crippen LogP contribution in [-0.4, -0.2) is 17.7 Å². The lowest BCUT2D eigenvalue weighted by Gasteiger charge is -2.11. The van der Waals surface area contributed by atoms with E-state index in [1.54, 1.807) is 12.1 Å². The second-order valence-electron chi connectivity index (χ2n) is 8.40. The smallest absolute Gasteiger partial charge is 0.330 e. The number of aliphatic hydroxyl groups is 1. The van der Waals surface area contributed by atoms with Gasteiger partial charge in [-0.3, -0.25) is 0 Å². The second kappa shape index (κ2) is 10.9. The molecule has 0 aliphatic rings. The number of hydrogen-bond donors (Lipinski definition) is 1. The highest BCUT2D eigenvalue weighted by molar-refractivity contribution is 5.81. The van der Waals surface area contributed by atoms with Crippen LogP contribution in [0.3, 0.4) is 0 Å². The first-order chi connectivity index (χ1) is 17.0. The highest BCUT2D eigenvalue weighted by Crippen LogP contribution is 2.30. The van der Waals surface area contributed by atoms with Crippen LogP contribution in [0.4, 0.5) is 4.39 Å². The van der Waals surface area contributed by atoms with Gasteiger partial charge in [0.05, 0.1) is 0 Å². The lowest BCUT2D eigenvalue weighted by molar-refractivity contribution is -0.138. The van der Waals surface area contributed by atoms with Crippen molar-refractivity contribution in [2.45, 2.75) is 20.0 Å². The van der Waals surface area contributed by atoms with Crippen LogP contribution in [0.1, 0.15) is 16.7 Å². The number of halogens is 1. The van der Waals surface area contributed by atoms with E-state index in [1.165, 1.54) is 0 Å². The van der Waals surface area contributed by atoms with E-state index in [4.69, 9.17) is 9.84 Å². The Kier molecular flexibility index (Phi) is 7.54. The molecule has 0 atom stereocenters. The number of hydrogen-bond acceptors (Lipinski definition) is 3. The Bertz CT molecular complexity index is 1340. The van der Waals surface area contributed by atoms with Gasteiger partial charge in [0.1, 0.15) is 12.4 Å². The van der Waals surface area contributed by atoms with Gasteiger partial charge in [0, 0.05) is 18.2 Å². The summed E-state index contributed by atoms with van der Waals surface area (Å²) in [4.78, 5) is 11.4. The number of carbonyl (C=O) groups is 1. The molecule has 0 heterocycles. The molecule has 1 N–H and O–H groups in total. The third kappa shape index (κ3) is 5.73. The fraction of sp³-hybridized carbons (Fsp3) is 0.129. The number of rotatable bonds is 8. The van der Waals surface area contributed by atoms with Crippen LogP contribution in [0.25, 0.3) is 33.4 Å². The Balaban J connectivity index is 1.54. The predicted molar refractivity (Wildman–Crippen MR) is 138 cm³/mol. The normalized spacial score (nSPS) is 10.7. The average molecular weight is 467 g/mol. The van der Waals surface area contributed by atoms with Gasteiger partial charge < -0.3 is 9.84 Å². The molecule has 0 saturated carbocycles. The van der Waals surface area contributed by atoms with Gasteiger partial charge in [0.2, 0.25) is 0 Å². The summed E-state index contributed by atoms with van der Waals surface area (Å²) >= 11 is 0. The van der Waals surface area contributed by atoms with E-state index in [2.05, 4.69) is 6.58 Å². The average Bonchev–Trinajstić information content (AvgIpc) is 2.89. The summed E-state index contributed by atoms with van der Waals surface area (Å²) in [6.45, 7) is 5.69. The fourth-order valence-corrected chi connectivity index (χ4v) is 3.98. The lowest BCUT2D eigenvalue weighted by atomic mass is 9.96. The topological polar surface area (TPSA) is 46.5 Å². The molecule has 0 aromatic heterocycles. The van der Waals surface area contributed by atoms with Crippen molar-refractivity contribution in [3.8, 4) is 33.4 Å². The van der Waals surface area contributed by atoms with Crippen LogP contribution in [0, 0.1) is 12.7 Å². The Labute approximate surface area is 205 Å². The summed E-state index contributed by atoms with van der Waals surface area (Å²) in [6.07, 6.45) is 1.76. The Morgan fingerprint density at radius 3 is 2.06 bits per heavy atom. The predicted octanol–water partition coefficient (Wildman–Crippen LogP) is 6.90.